The summed E-state index contributed by atoms with van der Waals surface area (Å²) in [7, 11) is 1.77. The molecular weight excluding hydrogens is 364 g/mol. The topological polar surface area (TPSA) is 52.7 Å². The fraction of sp³-hybridized carbons (Fsp3) is 0.208. The molecule has 0 fully saturated rings. The van der Waals surface area contributed by atoms with Crippen molar-refractivity contribution < 1.29 is 14.3 Å². The third-order valence-corrected chi connectivity index (χ3v) is 4.87. The van der Waals surface area contributed by atoms with Crippen molar-refractivity contribution in [2.45, 2.75) is 20.3 Å². The van der Waals surface area contributed by atoms with Gasteiger partial charge in [0.25, 0.3) is 0 Å². The van der Waals surface area contributed by atoms with E-state index in [9.17, 15) is 9.59 Å². The van der Waals surface area contributed by atoms with Gasteiger partial charge in [-0.2, -0.15) is 0 Å². The van der Waals surface area contributed by atoms with Crippen LogP contribution >= 0.6 is 0 Å². The van der Waals surface area contributed by atoms with Crippen molar-refractivity contribution in [3.05, 3.63) is 88.5 Å². The first kappa shape index (κ1) is 20.1. The first-order valence-corrected chi connectivity index (χ1v) is 9.49. The number of hydrogen-bond donors (Lipinski definition) is 0. The van der Waals surface area contributed by atoms with Crippen molar-refractivity contribution in [2.75, 3.05) is 6.61 Å². The van der Waals surface area contributed by atoms with E-state index in [1.807, 2.05) is 25.1 Å². The first-order chi connectivity index (χ1) is 14.0. The number of ketones is 1. The van der Waals surface area contributed by atoms with Crippen LogP contribution in [0.25, 0.3) is 16.0 Å². The molecule has 0 radical (unpaired) electrons. The molecule has 29 heavy (non-hydrogen) atoms. The van der Waals surface area contributed by atoms with E-state index in [-0.39, 0.29) is 12.4 Å². The molecule has 146 valence electrons. The van der Waals surface area contributed by atoms with Gasteiger partial charge < -0.3 is 9.30 Å². The smallest absolute Gasteiger partial charge is 0.354 e. The van der Waals surface area contributed by atoms with Gasteiger partial charge in [-0.15, -0.1) is 0 Å². The Labute approximate surface area is 170 Å². The quantitative estimate of drug-likeness (QED) is 0.332. The Balaban J connectivity index is 2.10. The van der Waals surface area contributed by atoms with Gasteiger partial charge in [-0.05, 0) is 18.9 Å². The molecule has 0 aliphatic carbocycles. The van der Waals surface area contributed by atoms with Gasteiger partial charge in [0, 0.05) is 29.4 Å². The van der Waals surface area contributed by atoms with Crippen LogP contribution in [0.4, 0.5) is 5.69 Å². The van der Waals surface area contributed by atoms with E-state index in [0.717, 1.165) is 5.69 Å². The van der Waals surface area contributed by atoms with Gasteiger partial charge in [-0.25, -0.2) is 9.64 Å². The molecule has 0 aliphatic heterocycles. The first-order valence-electron chi connectivity index (χ1n) is 9.49. The van der Waals surface area contributed by atoms with Gasteiger partial charge in [-0.1, -0.05) is 61.5 Å². The summed E-state index contributed by atoms with van der Waals surface area (Å²) in [5.74, 6) is -0.533. The predicted molar refractivity (Wildman–Crippen MR) is 112 cm³/mol. The highest BCUT2D eigenvalue weighted by molar-refractivity contribution is 6.09. The summed E-state index contributed by atoms with van der Waals surface area (Å²) >= 11 is 0. The third kappa shape index (κ3) is 3.70. The van der Waals surface area contributed by atoms with Gasteiger partial charge >= 0.3 is 5.97 Å². The van der Waals surface area contributed by atoms with Crippen molar-refractivity contribution in [1.82, 2.24) is 4.57 Å². The summed E-state index contributed by atoms with van der Waals surface area (Å²) in [6.45, 7) is 11.6. The second-order valence-electron chi connectivity index (χ2n) is 6.54. The molecule has 0 amide bonds. The monoisotopic (exact) mass is 386 g/mol. The molecule has 5 nitrogen and oxygen atoms in total. The summed E-state index contributed by atoms with van der Waals surface area (Å²) in [6, 6.07) is 16.1. The Morgan fingerprint density at radius 1 is 1.00 bits per heavy atom. The van der Waals surface area contributed by atoms with Gasteiger partial charge in [0.1, 0.15) is 5.69 Å². The zero-order valence-corrected chi connectivity index (χ0v) is 16.7. The second-order valence-corrected chi connectivity index (χ2v) is 6.54. The molecule has 0 aliphatic rings. The Kier molecular flexibility index (Phi) is 5.94. The van der Waals surface area contributed by atoms with Crippen LogP contribution in [-0.4, -0.2) is 22.9 Å². The van der Waals surface area contributed by atoms with Gasteiger partial charge in [0.2, 0.25) is 5.69 Å². The predicted octanol–water partition coefficient (Wildman–Crippen LogP) is 5.21. The van der Waals surface area contributed by atoms with Crippen LogP contribution in [0, 0.1) is 6.57 Å². The van der Waals surface area contributed by atoms with E-state index in [2.05, 4.69) is 4.85 Å². The van der Waals surface area contributed by atoms with Crippen LogP contribution < -0.4 is 0 Å². The molecule has 0 atom stereocenters. The molecule has 2 aromatic carbocycles. The number of benzene rings is 2. The molecule has 5 heteroatoms. The van der Waals surface area contributed by atoms with Crippen molar-refractivity contribution in [3.8, 4) is 11.1 Å². The summed E-state index contributed by atoms with van der Waals surface area (Å²) in [4.78, 5) is 29.0. The maximum Gasteiger partial charge on any atom is 0.354 e. The van der Waals surface area contributed by atoms with Crippen molar-refractivity contribution in [1.29, 1.82) is 0 Å². The molecule has 1 heterocycles. The minimum Gasteiger partial charge on any atom is -0.461 e. The standard InChI is InChI=1S/C24H22N2O3/c1-5-19-21(25-3)20(22(26(19)4)24(28)29-6-2)16-12-14-18(15-13-16)23(27)17-10-8-7-9-11-17/h7-15H,5-6H2,1-2,4H3. The van der Waals surface area contributed by atoms with E-state index < -0.39 is 5.97 Å². The van der Waals surface area contributed by atoms with Gasteiger partial charge in [0.15, 0.2) is 5.78 Å². The summed E-state index contributed by atoms with van der Waals surface area (Å²) in [5.41, 5.74) is 4.01. The van der Waals surface area contributed by atoms with Gasteiger partial charge in [-0.3, -0.25) is 4.79 Å². The van der Waals surface area contributed by atoms with E-state index >= 15 is 0 Å². The fourth-order valence-corrected chi connectivity index (χ4v) is 3.50. The van der Waals surface area contributed by atoms with Crippen LogP contribution in [0.2, 0.25) is 0 Å². The second kappa shape index (κ2) is 8.57. The average molecular weight is 386 g/mol. The lowest BCUT2D eigenvalue weighted by Crippen LogP contribution is -2.12. The lowest BCUT2D eigenvalue weighted by atomic mass is 9.98. The number of carbonyl (C=O) groups is 2. The highest BCUT2D eigenvalue weighted by Gasteiger charge is 2.27. The number of hydrogen-bond acceptors (Lipinski definition) is 3. The lowest BCUT2D eigenvalue weighted by molar-refractivity contribution is 0.0516. The number of aromatic nitrogens is 1. The average Bonchev–Trinajstić information content (AvgIpc) is 3.05. The molecule has 0 saturated heterocycles. The maximum absolute atomic E-state index is 12.7. The SMILES string of the molecule is [C-]#[N+]c1c(-c2ccc(C(=O)c3ccccc3)cc2)c(C(=O)OCC)n(C)c1CC. The molecule has 3 rings (SSSR count). The minimum atomic E-state index is -0.459. The normalized spacial score (nSPS) is 10.4. The molecule has 3 aromatic rings. The number of ether oxygens (including phenoxy) is 1. The van der Waals surface area contributed by atoms with Crippen molar-refractivity contribution in [3.63, 3.8) is 0 Å². The summed E-state index contributed by atoms with van der Waals surface area (Å²) in [5, 5.41) is 0. The van der Waals surface area contributed by atoms with E-state index in [1.165, 1.54) is 0 Å². The maximum atomic E-state index is 12.7. The highest BCUT2D eigenvalue weighted by atomic mass is 16.5. The Hall–Kier alpha value is -3.65. The van der Waals surface area contributed by atoms with Crippen LogP contribution in [0.3, 0.4) is 0 Å². The van der Waals surface area contributed by atoms with Crippen molar-refractivity contribution >= 4 is 17.4 Å². The molecule has 0 bridgehead atoms. The van der Waals surface area contributed by atoms with Crippen LogP contribution in [0.1, 0.15) is 46.0 Å². The molecule has 0 saturated carbocycles. The fourth-order valence-electron chi connectivity index (χ4n) is 3.50. The highest BCUT2D eigenvalue weighted by Crippen LogP contribution is 2.39. The van der Waals surface area contributed by atoms with E-state index in [1.54, 1.807) is 54.9 Å². The van der Waals surface area contributed by atoms with E-state index in [4.69, 9.17) is 11.3 Å². The number of rotatable bonds is 6. The lowest BCUT2D eigenvalue weighted by Gasteiger charge is -2.09. The zero-order valence-electron chi connectivity index (χ0n) is 16.7. The zero-order chi connectivity index (χ0) is 21.0. The Morgan fingerprint density at radius 2 is 1.62 bits per heavy atom. The summed E-state index contributed by atoms with van der Waals surface area (Å²) < 4.78 is 6.97. The molecular formula is C24H22N2O3. The molecule has 0 unspecified atom stereocenters. The number of esters is 1. The third-order valence-electron chi connectivity index (χ3n) is 4.87. The van der Waals surface area contributed by atoms with Crippen molar-refractivity contribution in [2.24, 2.45) is 7.05 Å². The Morgan fingerprint density at radius 3 is 2.17 bits per heavy atom. The van der Waals surface area contributed by atoms with Crippen LogP contribution in [0.15, 0.2) is 54.6 Å². The molecule has 1 aromatic heterocycles. The molecule has 0 spiro atoms. The largest absolute Gasteiger partial charge is 0.461 e. The number of carbonyl (C=O) groups excluding carboxylic acids is 2. The van der Waals surface area contributed by atoms with Crippen LogP contribution in [-0.2, 0) is 18.2 Å². The van der Waals surface area contributed by atoms with E-state index in [0.29, 0.717) is 40.1 Å². The molecule has 0 N–H and O–H groups in total. The summed E-state index contributed by atoms with van der Waals surface area (Å²) in [6.07, 6.45) is 0.616. The van der Waals surface area contributed by atoms with Gasteiger partial charge in [0.05, 0.1) is 13.2 Å². The van der Waals surface area contributed by atoms with Crippen LogP contribution in [0.5, 0.6) is 0 Å². The minimum absolute atomic E-state index is 0.0736. The number of nitrogens with zero attached hydrogens (tertiary/aromatic N) is 2. The Bertz CT molecular complexity index is 1090.